The average molecular weight is 269 g/mol. The Kier molecular flexibility index (Phi) is 3.29. The molecule has 0 radical (unpaired) electrons. The Hall–Kier alpha value is -0.570. The highest BCUT2D eigenvalue weighted by molar-refractivity contribution is 9.10. The third kappa shape index (κ3) is 2.17. The normalized spacial score (nSPS) is 16.4. The summed E-state index contributed by atoms with van der Waals surface area (Å²) in [7, 11) is 0. The van der Waals surface area contributed by atoms with Crippen LogP contribution in [0.5, 0.6) is 0 Å². The van der Waals surface area contributed by atoms with Crippen LogP contribution < -0.4 is 4.90 Å². The van der Waals surface area contributed by atoms with Crippen LogP contribution in [0.15, 0.2) is 16.9 Å². The Morgan fingerprint density at radius 1 is 1.33 bits per heavy atom. The van der Waals surface area contributed by atoms with Gasteiger partial charge in [-0.05, 0) is 54.6 Å². The average Bonchev–Trinajstić information content (AvgIpc) is 2.40. The summed E-state index contributed by atoms with van der Waals surface area (Å²) < 4.78 is 1.16. The maximum Gasteiger partial charge on any atom is 0.0598 e. The Balaban J connectivity index is 2.45. The van der Waals surface area contributed by atoms with Crippen molar-refractivity contribution in [2.24, 2.45) is 0 Å². The van der Waals surface area contributed by atoms with Gasteiger partial charge in [0, 0.05) is 23.3 Å². The molecule has 0 atom stereocenters. The lowest BCUT2D eigenvalue weighted by atomic mass is 10.1. The third-order valence-electron chi connectivity index (χ3n) is 2.99. The molecule has 0 amide bonds. The number of aromatic nitrogens is 1. The van der Waals surface area contributed by atoms with E-state index in [1.165, 1.54) is 30.5 Å². The number of rotatable bonds is 1. The van der Waals surface area contributed by atoms with Gasteiger partial charge in [-0.25, -0.2) is 0 Å². The van der Waals surface area contributed by atoms with Crippen molar-refractivity contribution in [3.8, 4) is 0 Å². The van der Waals surface area contributed by atoms with Gasteiger partial charge in [-0.2, -0.15) is 0 Å². The van der Waals surface area contributed by atoms with Crippen LogP contribution in [0.1, 0.15) is 32.3 Å². The second-order valence-electron chi connectivity index (χ2n) is 4.36. The first-order chi connectivity index (χ1) is 7.20. The Labute approximate surface area is 99.8 Å². The van der Waals surface area contributed by atoms with Crippen LogP contribution >= 0.6 is 15.9 Å². The topological polar surface area (TPSA) is 16.1 Å². The molecule has 15 heavy (non-hydrogen) atoms. The lowest BCUT2D eigenvalue weighted by molar-refractivity contribution is 0.652. The molecule has 82 valence electrons. The largest absolute Gasteiger partial charge is 0.368 e. The Bertz CT molecular complexity index is 349. The van der Waals surface area contributed by atoms with Crippen LogP contribution in [-0.2, 0) is 6.42 Å². The lowest BCUT2D eigenvalue weighted by Gasteiger charge is -2.28. The third-order valence-corrected chi connectivity index (χ3v) is 3.67. The summed E-state index contributed by atoms with van der Waals surface area (Å²) in [6, 6.07) is 0.554. The van der Waals surface area contributed by atoms with Gasteiger partial charge >= 0.3 is 0 Å². The van der Waals surface area contributed by atoms with Gasteiger partial charge in [0.25, 0.3) is 0 Å². The first-order valence-electron chi connectivity index (χ1n) is 5.59. The molecule has 2 rings (SSSR count). The second-order valence-corrected chi connectivity index (χ2v) is 5.22. The highest BCUT2D eigenvalue weighted by atomic mass is 79.9. The maximum atomic E-state index is 4.28. The van der Waals surface area contributed by atoms with E-state index in [1.54, 1.807) is 0 Å². The van der Waals surface area contributed by atoms with Crippen molar-refractivity contribution in [2.75, 3.05) is 11.4 Å². The van der Waals surface area contributed by atoms with Crippen LogP contribution in [0.4, 0.5) is 5.69 Å². The van der Waals surface area contributed by atoms with Crippen molar-refractivity contribution in [3.63, 3.8) is 0 Å². The zero-order valence-electron chi connectivity index (χ0n) is 9.33. The minimum Gasteiger partial charge on any atom is -0.368 e. The number of anilines is 1. The van der Waals surface area contributed by atoms with E-state index in [4.69, 9.17) is 0 Å². The molecule has 1 aromatic rings. The first kappa shape index (κ1) is 10.9. The minimum absolute atomic E-state index is 0.554. The van der Waals surface area contributed by atoms with E-state index in [-0.39, 0.29) is 0 Å². The summed E-state index contributed by atoms with van der Waals surface area (Å²) in [4.78, 5) is 6.74. The highest BCUT2D eigenvalue weighted by Gasteiger charge is 2.19. The maximum absolute atomic E-state index is 4.28. The van der Waals surface area contributed by atoms with Crippen molar-refractivity contribution in [1.82, 2.24) is 4.98 Å². The monoisotopic (exact) mass is 268 g/mol. The summed E-state index contributed by atoms with van der Waals surface area (Å²) >= 11 is 3.60. The summed E-state index contributed by atoms with van der Waals surface area (Å²) in [5.74, 6) is 0. The molecule has 2 heterocycles. The van der Waals surface area contributed by atoms with E-state index < -0.39 is 0 Å². The molecule has 1 aliphatic rings. The summed E-state index contributed by atoms with van der Waals surface area (Å²) in [5, 5.41) is 0. The van der Waals surface area contributed by atoms with Gasteiger partial charge in [-0.3, -0.25) is 4.98 Å². The standard InChI is InChI=1S/C12H17BrN2/c1-9(2)15-6-4-3-5-10-11(13)7-14-8-12(10)15/h7-9H,3-6H2,1-2H3. The van der Waals surface area contributed by atoms with Crippen molar-refractivity contribution < 1.29 is 0 Å². The molecule has 0 bridgehead atoms. The number of nitrogens with zero attached hydrogens (tertiary/aromatic N) is 2. The quantitative estimate of drug-likeness (QED) is 0.776. The number of fused-ring (bicyclic) bond motifs is 1. The van der Waals surface area contributed by atoms with Crippen LogP contribution in [0, 0.1) is 0 Å². The number of hydrogen-bond donors (Lipinski definition) is 0. The zero-order chi connectivity index (χ0) is 10.8. The molecule has 1 aromatic heterocycles. The molecule has 0 aliphatic carbocycles. The van der Waals surface area contributed by atoms with Crippen LogP contribution in [0.2, 0.25) is 0 Å². The second kappa shape index (κ2) is 4.52. The molecular formula is C12H17BrN2. The fourth-order valence-electron chi connectivity index (χ4n) is 2.19. The molecule has 0 unspecified atom stereocenters. The predicted molar refractivity (Wildman–Crippen MR) is 67.4 cm³/mol. The van der Waals surface area contributed by atoms with E-state index in [1.807, 2.05) is 12.4 Å². The van der Waals surface area contributed by atoms with Gasteiger partial charge in [0.15, 0.2) is 0 Å². The number of pyridine rings is 1. The Morgan fingerprint density at radius 3 is 2.87 bits per heavy atom. The van der Waals surface area contributed by atoms with E-state index in [0.717, 1.165) is 11.0 Å². The van der Waals surface area contributed by atoms with Crippen molar-refractivity contribution >= 4 is 21.6 Å². The van der Waals surface area contributed by atoms with Crippen molar-refractivity contribution in [1.29, 1.82) is 0 Å². The molecule has 0 N–H and O–H groups in total. The van der Waals surface area contributed by atoms with E-state index in [2.05, 4.69) is 39.7 Å². The number of halogens is 1. The molecule has 2 nitrogen and oxygen atoms in total. The fourth-order valence-corrected chi connectivity index (χ4v) is 2.71. The number of hydrogen-bond acceptors (Lipinski definition) is 2. The van der Waals surface area contributed by atoms with Gasteiger partial charge < -0.3 is 4.90 Å². The van der Waals surface area contributed by atoms with E-state index >= 15 is 0 Å². The molecule has 0 saturated carbocycles. The minimum atomic E-state index is 0.554. The van der Waals surface area contributed by atoms with E-state index in [0.29, 0.717) is 6.04 Å². The van der Waals surface area contributed by atoms with Gasteiger partial charge in [0.2, 0.25) is 0 Å². The van der Waals surface area contributed by atoms with Gasteiger partial charge in [-0.15, -0.1) is 0 Å². The van der Waals surface area contributed by atoms with Gasteiger partial charge in [-0.1, -0.05) is 0 Å². The molecule has 0 saturated heterocycles. The fraction of sp³-hybridized carbons (Fsp3) is 0.583. The highest BCUT2D eigenvalue weighted by Crippen LogP contribution is 2.31. The molecular weight excluding hydrogens is 252 g/mol. The van der Waals surface area contributed by atoms with E-state index in [9.17, 15) is 0 Å². The molecule has 3 heteroatoms. The van der Waals surface area contributed by atoms with Crippen LogP contribution in [0.3, 0.4) is 0 Å². The summed E-state index contributed by atoms with van der Waals surface area (Å²) in [6.45, 7) is 5.65. The predicted octanol–water partition coefficient (Wildman–Crippen LogP) is 3.40. The van der Waals surface area contributed by atoms with Gasteiger partial charge in [0.1, 0.15) is 0 Å². The first-order valence-corrected chi connectivity index (χ1v) is 6.38. The van der Waals surface area contributed by atoms with Gasteiger partial charge in [0.05, 0.1) is 11.9 Å². The zero-order valence-corrected chi connectivity index (χ0v) is 10.9. The van der Waals surface area contributed by atoms with Crippen molar-refractivity contribution in [3.05, 3.63) is 22.4 Å². The molecule has 0 aromatic carbocycles. The molecule has 1 aliphatic heterocycles. The van der Waals surface area contributed by atoms with Crippen LogP contribution in [-0.4, -0.2) is 17.6 Å². The van der Waals surface area contributed by atoms with Crippen LogP contribution in [0.25, 0.3) is 0 Å². The van der Waals surface area contributed by atoms with Crippen molar-refractivity contribution in [2.45, 2.75) is 39.2 Å². The smallest absolute Gasteiger partial charge is 0.0598 e. The Morgan fingerprint density at radius 2 is 2.13 bits per heavy atom. The summed E-state index contributed by atoms with van der Waals surface area (Å²) in [6.07, 6.45) is 7.63. The molecule has 0 fully saturated rings. The SMILES string of the molecule is CC(C)N1CCCCc2c(Br)cncc21. The lowest BCUT2D eigenvalue weighted by Crippen LogP contribution is -2.31. The summed E-state index contributed by atoms with van der Waals surface area (Å²) in [5.41, 5.74) is 2.74. The molecule has 0 spiro atoms.